The molecule has 0 aliphatic heterocycles. The number of carbonyl (C=O) groups excluding carboxylic acids is 1. The normalized spacial score (nSPS) is 7.14. The minimum atomic E-state index is -0.0185. The zero-order chi connectivity index (χ0) is 4.99. The van der Waals surface area contributed by atoms with Gasteiger partial charge in [0.1, 0.15) is 5.78 Å². The summed E-state index contributed by atoms with van der Waals surface area (Å²) in [5.41, 5.74) is 0. The Balaban J connectivity index is 0. The summed E-state index contributed by atoms with van der Waals surface area (Å²) >= 11 is 0. The van der Waals surface area contributed by atoms with Gasteiger partial charge in [-0.2, -0.15) is 0 Å². The number of Topliss-reactive ketones (excluding diaryl/α,β-unsaturated/α-hetero) is 1. The maximum absolute atomic E-state index is 9.88. The molecular weight excluding hydrogens is 96.0 g/mol. The van der Waals surface area contributed by atoms with Crippen LogP contribution < -0.4 is 0 Å². The van der Waals surface area contributed by atoms with E-state index in [1.165, 1.54) is 6.92 Å². The summed E-state index contributed by atoms with van der Waals surface area (Å²) in [5, 5.41) is 8.02. The number of hydrogen-bond donors (Lipinski definition) is 1. The van der Waals surface area contributed by atoms with Crippen LogP contribution in [-0.2, 0) is 4.79 Å². The fourth-order valence-electron chi connectivity index (χ4n) is 0.157. The van der Waals surface area contributed by atoms with Gasteiger partial charge in [0.25, 0.3) is 0 Å². The smallest absolute Gasteiger partial charge is 0.132 e. The van der Waals surface area contributed by atoms with Crippen molar-refractivity contribution in [2.75, 3.05) is 6.61 Å². The summed E-state index contributed by atoms with van der Waals surface area (Å²) in [6, 6.07) is 0. The fraction of sp³-hybridized carbons (Fsp3) is 0.750. The lowest BCUT2D eigenvalue weighted by molar-refractivity contribution is -0.117. The fourth-order valence-corrected chi connectivity index (χ4v) is 0.157. The molecule has 0 saturated heterocycles. The number of aliphatic hydroxyl groups excluding tert-OH is 1. The quantitative estimate of drug-likeness (QED) is 0.497. The van der Waals surface area contributed by atoms with Crippen LogP contribution in [0.25, 0.3) is 0 Å². The van der Waals surface area contributed by atoms with Gasteiger partial charge in [0.2, 0.25) is 0 Å². The van der Waals surface area contributed by atoms with Crippen LogP contribution in [0.5, 0.6) is 0 Å². The number of rotatable bonds is 2. The van der Waals surface area contributed by atoms with Crippen LogP contribution in [0.3, 0.4) is 0 Å². The zero-order valence-corrected chi connectivity index (χ0v) is 4.27. The highest BCUT2D eigenvalue weighted by atomic mass is 16.3. The van der Waals surface area contributed by atoms with Crippen LogP contribution in [-0.4, -0.2) is 23.0 Å². The standard InChI is InChI=1S/C4H8O2.H2O/c1-4(6)2-3-5;/h5H,2-3H2,1H3;1H2. The van der Waals surface area contributed by atoms with E-state index >= 15 is 0 Å². The molecule has 0 aromatic carbocycles. The molecule has 0 spiro atoms. The second-order valence-electron chi connectivity index (χ2n) is 1.18. The van der Waals surface area contributed by atoms with Crippen LogP contribution in [0.1, 0.15) is 13.3 Å². The minimum Gasteiger partial charge on any atom is -0.412 e. The molecule has 0 aromatic rings. The largest absolute Gasteiger partial charge is 0.412 e. The first-order valence-electron chi connectivity index (χ1n) is 1.87. The lowest BCUT2D eigenvalue weighted by Gasteiger charge is -1.80. The van der Waals surface area contributed by atoms with E-state index in [0.29, 0.717) is 6.42 Å². The Kier molecular flexibility index (Phi) is 7.81. The van der Waals surface area contributed by atoms with E-state index in [0.717, 1.165) is 0 Å². The molecule has 0 saturated carbocycles. The number of carbonyl (C=O) groups is 1. The van der Waals surface area contributed by atoms with E-state index in [2.05, 4.69) is 0 Å². The van der Waals surface area contributed by atoms with Gasteiger partial charge >= 0.3 is 0 Å². The highest BCUT2D eigenvalue weighted by Crippen LogP contribution is 1.74. The molecule has 44 valence electrons. The first-order valence-corrected chi connectivity index (χ1v) is 1.87. The van der Waals surface area contributed by atoms with Crippen molar-refractivity contribution in [3.05, 3.63) is 0 Å². The van der Waals surface area contributed by atoms with E-state index in [9.17, 15) is 4.79 Å². The molecule has 0 amide bonds. The average molecular weight is 106 g/mol. The molecule has 3 heteroatoms. The van der Waals surface area contributed by atoms with Gasteiger partial charge in [-0.1, -0.05) is 0 Å². The predicted octanol–water partition coefficient (Wildman–Crippen LogP) is -0.867. The van der Waals surface area contributed by atoms with Gasteiger partial charge in [0.05, 0.1) is 0 Å². The Morgan fingerprint density at radius 3 is 2.14 bits per heavy atom. The number of aliphatic hydroxyl groups is 1. The van der Waals surface area contributed by atoms with Crippen LogP contribution in [0.2, 0.25) is 0 Å². The molecule has 7 heavy (non-hydrogen) atoms. The maximum Gasteiger partial charge on any atom is 0.132 e. The summed E-state index contributed by atoms with van der Waals surface area (Å²) in [7, 11) is 0. The predicted molar refractivity (Wildman–Crippen MR) is 26.0 cm³/mol. The molecule has 0 bridgehead atoms. The zero-order valence-electron chi connectivity index (χ0n) is 4.27. The summed E-state index contributed by atoms with van der Waals surface area (Å²) in [6.45, 7) is 1.44. The van der Waals surface area contributed by atoms with Gasteiger partial charge in [-0.15, -0.1) is 0 Å². The van der Waals surface area contributed by atoms with E-state index in [4.69, 9.17) is 5.11 Å². The lowest BCUT2D eigenvalue weighted by Crippen LogP contribution is -1.92. The van der Waals surface area contributed by atoms with Gasteiger partial charge in [-0.05, 0) is 6.92 Å². The van der Waals surface area contributed by atoms with Crippen LogP contribution >= 0.6 is 0 Å². The molecule has 0 heterocycles. The molecule has 0 radical (unpaired) electrons. The third-order valence-electron chi connectivity index (χ3n) is 0.464. The highest BCUT2D eigenvalue weighted by Gasteiger charge is 1.84. The topological polar surface area (TPSA) is 68.8 Å². The maximum atomic E-state index is 9.88. The number of ketones is 1. The van der Waals surface area contributed by atoms with Gasteiger partial charge in [-0.25, -0.2) is 0 Å². The first kappa shape index (κ1) is 9.77. The van der Waals surface area contributed by atoms with Crippen molar-refractivity contribution in [2.24, 2.45) is 0 Å². The summed E-state index contributed by atoms with van der Waals surface area (Å²) in [6.07, 6.45) is 0.292. The van der Waals surface area contributed by atoms with Crippen molar-refractivity contribution in [2.45, 2.75) is 13.3 Å². The average Bonchev–Trinajstić information content (AvgIpc) is 1.35. The summed E-state index contributed by atoms with van der Waals surface area (Å²) < 4.78 is 0. The van der Waals surface area contributed by atoms with Crippen LogP contribution in [0.15, 0.2) is 0 Å². The molecule has 0 aliphatic carbocycles. The van der Waals surface area contributed by atoms with Crippen molar-refractivity contribution < 1.29 is 15.4 Å². The Labute approximate surface area is 42.3 Å². The molecule has 0 atom stereocenters. The van der Waals surface area contributed by atoms with Crippen molar-refractivity contribution in [1.82, 2.24) is 0 Å². The van der Waals surface area contributed by atoms with E-state index in [1.807, 2.05) is 0 Å². The SMILES string of the molecule is CC(=O)CCO.O. The van der Waals surface area contributed by atoms with Crippen LogP contribution in [0, 0.1) is 0 Å². The van der Waals surface area contributed by atoms with E-state index in [1.54, 1.807) is 0 Å². The third kappa shape index (κ3) is 10.7. The molecule has 0 aliphatic rings. The molecular formula is C4H10O3. The van der Waals surface area contributed by atoms with Gasteiger partial charge < -0.3 is 10.6 Å². The molecule has 3 nitrogen and oxygen atoms in total. The van der Waals surface area contributed by atoms with E-state index in [-0.39, 0.29) is 17.9 Å². The minimum absolute atomic E-state index is 0. The van der Waals surface area contributed by atoms with Gasteiger partial charge in [0, 0.05) is 13.0 Å². The van der Waals surface area contributed by atoms with Gasteiger partial charge in [-0.3, -0.25) is 4.79 Å². The monoisotopic (exact) mass is 106 g/mol. The van der Waals surface area contributed by atoms with E-state index < -0.39 is 0 Å². The molecule has 0 unspecified atom stereocenters. The molecule has 0 rings (SSSR count). The van der Waals surface area contributed by atoms with Crippen molar-refractivity contribution in [3.63, 3.8) is 0 Å². The number of hydrogen-bond acceptors (Lipinski definition) is 2. The molecule has 0 fully saturated rings. The van der Waals surface area contributed by atoms with Crippen LogP contribution in [0.4, 0.5) is 0 Å². The van der Waals surface area contributed by atoms with Crippen molar-refractivity contribution in [1.29, 1.82) is 0 Å². The lowest BCUT2D eigenvalue weighted by atomic mass is 10.3. The summed E-state index contributed by atoms with van der Waals surface area (Å²) in [5.74, 6) is 0.0394. The second kappa shape index (κ2) is 5.59. The third-order valence-corrected chi connectivity index (χ3v) is 0.464. The Morgan fingerprint density at radius 2 is 2.14 bits per heavy atom. The highest BCUT2D eigenvalue weighted by molar-refractivity contribution is 5.75. The van der Waals surface area contributed by atoms with Crippen molar-refractivity contribution in [3.8, 4) is 0 Å². The second-order valence-corrected chi connectivity index (χ2v) is 1.18. The Morgan fingerprint density at radius 1 is 1.71 bits per heavy atom. The molecule has 3 N–H and O–H groups in total. The van der Waals surface area contributed by atoms with Gasteiger partial charge in [0.15, 0.2) is 0 Å². The first-order chi connectivity index (χ1) is 2.77. The van der Waals surface area contributed by atoms with Crippen molar-refractivity contribution >= 4 is 5.78 Å². The summed E-state index contributed by atoms with van der Waals surface area (Å²) in [4.78, 5) is 9.88. The Bertz CT molecular complexity index is 50.9. The Hall–Kier alpha value is -0.410. The molecule has 0 aromatic heterocycles.